The normalized spacial score (nSPS) is 30.2. The molecular formula is C14H30N4. The molecule has 4 heteroatoms. The predicted molar refractivity (Wildman–Crippen MR) is 76.7 cm³/mol. The van der Waals surface area contributed by atoms with Crippen LogP contribution in [0.4, 0.5) is 0 Å². The van der Waals surface area contributed by atoms with Crippen molar-refractivity contribution in [2.75, 3.05) is 52.9 Å². The highest BCUT2D eigenvalue weighted by Gasteiger charge is 2.29. The van der Waals surface area contributed by atoms with E-state index < -0.39 is 0 Å². The minimum atomic E-state index is 0.358. The fourth-order valence-corrected chi connectivity index (χ4v) is 3.11. The number of likely N-dealkylation sites (N-methyl/N-ethyl adjacent to an activating group) is 1. The summed E-state index contributed by atoms with van der Waals surface area (Å²) in [5.74, 6) is 0.701. The minimum absolute atomic E-state index is 0.358. The van der Waals surface area contributed by atoms with Gasteiger partial charge in [0.2, 0.25) is 0 Å². The molecule has 2 rings (SSSR count). The second-order valence-electron chi connectivity index (χ2n) is 6.41. The van der Waals surface area contributed by atoms with Crippen LogP contribution in [0.2, 0.25) is 0 Å². The third-order valence-corrected chi connectivity index (χ3v) is 4.66. The van der Waals surface area contributed by atoms with Crippen LogP contribution in [-0.2, 0) is 0 Å². The number of piperazine rings is 1. The lowest BCUT2D eigenvalue weighted by Gasteiger charge is -2.35. The van der Waals surface area contributed by atoms with Crippen molar-refractivity contribution in [2.45, 2.75) is 32.4 Å². The Hall–Kier alpha value is -0.160. The van der Waals surface area contributed by atoms with Gasteiger partial charge in [-0.05, 0) is 39.8 Å². The highest BCUT2D eigenvalue weighted by molar-refractivity contribution is 4.87. The Labute approximate surface area is 112 Å². The molecule has 2 saturated heterocycles. The molecule has 0 radical (unpaired) electrons. The lowest BCUT2D eigenvalue weighted by molar-refractivity contribution is 0.137. The van der Waals surface area contributed by atoms with Crippen LogP contribution in [0.5, 0.6) is 0 Å². The van der Waals surface area contributed by atoms with Gasteiger partial charge in [-0.2, -0.15) is 0 Å². The molecule has 106 valence electrons. The van der Waals surface area contributed by atoms with Crippen LogP contribution in [0.3, 0.4) is 0 Å². The quantitative estimate of drug-likeness (QED) is 0.782. The Kier molecular flexibility index (Phi) is 5.01. The number of hydrogen-bond acceptors (Lipinski definition) is 4. The smallest absolute Gasteiger partial charge is 0.0209 e. The van der Waals surface area contributed by atoms with Crippen molar-refractivity contribution in [3.63, 3.8) is 0 Å². The summed E-state index contributed by atoms with van der Waals surface area (Å²) in [5, 5.41) is 0. The first-order valence-corrected chi connectivity index (χ1v) is 7.47. The summed E-state index contributed by atoms with van der Waals surface area (Å²) < 4.78 is 0. The monoisotopic (exact) mass is 254 g/mol. The molecule has 0 amide bonds. The van der Waals surface area contributed by atoms with E-state index in [2.05, 4.69) is 35.6 Å². The van der Waals surface area contributed by atoms with Gasteiger partial charge >= 0.3 is 0 Å². The van der Waals surface area contributed by atoms with E-state index in [9.17, 15) is 0 Å². The zero-order chi connectivity index (χ0) is 13.1. The van der Waals surface area contributed by atoms with Crippen LogP contribution >= 0.6 is 0 Å². The Morgan fingerprint density at radius 1 is 1.11 bits per heavy atom. The van der Waals surface area contributed by atoms with Crippen LogP contribution in [0.15, 0.2) is 0 Å². The second-order valence-corrected chi connectivity index (χ2v) is 6.41. The Morgan fingerprint density at radius 3 is 2.33 bits per heavy atom. The molecular weight excluding hydrogens is 224 g/mol. The third kappa shape index (κ3) is 3.67. The van der Waals surface area contributed by atoms with Crippen LogP contribution in [0, 0.1) is 5.92 Å². The summed E-state index contributed by atoms with van der Waals surface area (Å²) in [5.41, 5.74) is 6.42. The maximum Gasteiger partial charge on any atom is 0.0209 e. The molecule has 0 aliphatic carbocycles. The summed E-state index contributed by atoms with van der Waals surface area (Å²) in [6.45, 7) is 12.8. The van der Waals surface area contributed by atoms with Crippen molar-refractivity contribution in [3.05, 3.63) is 0 Å². The third-order valence-electron chi connectivity index (χ3n) is 4.66. The van der Waals surface area contributed by atoms with E-state index in [1.807, 2.05) is 0 Å². The molecule has 2 atom stereocenters. The van der Waals surface area contributed by atoms with Gasteiger partial charge in [-0.3, -0.25) is 4.90 Å². The van der Waals surface area contributed by atoms with E-state index >= 15 is 0 Å². The molecule has 0 spiro atoms. The summed E-state index contributed by atoms with van der Waals surface area (Å²) in [7, 11) is 2.20. The number of likely N-dealkylation sites (tertiary alicyclic amines) is 1. The van der Waals surface area contributed by atoms with Crippen molar-refractivity contribution in [2.24, 2.45) is 11.7 Å². The molecule has 2 fully saturated rings. The number of rotatable bonds is 4. The molecule has 2 N–H and O–H groups in total. The molecule has 2 aliphatic rings. The summed E-state index contributed by atoms with van der Waals surface area (Å²) >= 11 is 0. The van der Waals surface area contributed by atoms with Crippen LogP contribution < -0.4 is 5.73 Å². The standard InChI is InChI=1S/C14H30N4/c1-12(2)18-5-4-13(10-18)14(15)11-17-8-6-16(3)7-9-17/h12-14H,4-11,15H2,1-3H3. The van der Waals surface area contributed by atoms with Crippen molar-refractivity contribution in [1.82, 2.24) is 14.7 Å². The van der Waals surface area contributed by atoms with Crippen LogP contribution in [0.25, 0.3) is 0 Å². The van der Waals surface area contributed by atoms with Gasteiger partial charge in [-0.15, -0.1) is 0 Å². The van der Waals surface area contributed by atoms with Gasteiger partial charge in [-0.1, -0.05) is 0 Å². The second kappa shape index (κ2) is 6.33. The number of hydrogen-bond donors (Lipinski definition) is 1. The fourth-order valence-electron chi connectivity index (χ4n) is 3.11. The van der Waals surface area contributed by atoms with Gasteiger partial charge in [0.25, 0.3) is 0 Å². The van der Waals surface area contributed by atoms with E-state index in [0.29, 0.717) is 18.0 Å². The van der Waals surface area contributed by atoms with Gasteiger partial charge in [-0.25, -0.2) is 0 Å². The summed E-state index contributed by atoms with van der Waals surface area (Å²) in [6.07, 6.45) is 1.28. The minimum Gasteiger partial charge on any atom is -0.326 e. The highest BCUT2D eigenvalue weighted by Crippen LogP contribution is 2.21. The van der Waals surface area contributed by atoms with E-state index in [-0.39, 0.29) is 0 Å². The summed E-state index contributed by atoms with van der Waals surface area (Å²) in [6, 6.07) is 1.03. The molecule has 2 unspecified atom stereocenters. The predicted octanol–water partition coefficient (Wildman–Crippen LogP) is 0.291. The molecule has 0 saturated carbocycles. The first-order valence-electron chi connectivity index (χ1n) is 7.47. The molecule has 0 bridgehead atoms. The molecule has 0 aromatic heterocycles. The molecule has 2 aliphatic heterocycles. The van der Waals surface area contributed by atoms with E-state index in [1.165, 1.54) is 45.7 Å². The highest BCUT2D eigenvalue weighted by atomic mass is 15.3. The maximum absolute atomic E-state index is 6.42. The molecule has 18 heavy (non-hydrogen) atoms. The van der Waals surface area contributed by atoms with Crippen LogP contribution in [-0.4, -0.2) is 79.6 Å². The Morgan fingerprint density at radius 2 is 1.78 bits per heavy atom. The van der Waals surface area contributed by atoms with Crippen molar-refractivity contribution < 1.29 is 0 Å². The van der Waals surface area contributed by atoms with Crippen molar-refractivity contribution >= 4 is 0 Å². The average Bonchev–Trinajstić information content (AvgIpc) is 2.81. The van der Waals surface area contributed by atoms with E-state index in [4.69, 9.17) is 5.73 Å². The van der Waals surface area contributed by atoms with Gasteiger partial charge in [0.05, 0.1) is 0 Å². The molecule has 2 heterocycles. The summed E-state index contributed by atoms with van der Waals surface area (Å²) in [4.78, 5) is 7.51. The van der Waals surface area contributed by atoms with Crippen molar-refractivity contribution in [1.29, 1.82) is 0 Å². The Balaban J connectivity index is 1.73. The molecule has 0 aromatic carbocycles. The van der Waals surface area contributed by atoms with Gasteiger partial charge in [0, 0.05) is 51.4 Å². The molecule has 0 aromatic rings. The van der Waals surface area contributed by atoms with Gasteiger partial charge < -0.3 is 15.5 Å². The lowest BCUT2D eigenvalue weighted by atomic mass is 9.99. The largest absolute Gasteiger partial charge is 0.326 e. The SMILES string of the molecule is CC(C)N1CCC(C(N)CN2CCN(C)CC2)C1. The molecule has 4 nitrogen and oxygen atoms in total. The first kappa shape index (κ1) is 14.3. The van der Waals surface area contributed by atoms with Gasteiger partial charge in [0.15, 0.2) is 0 Å². The lowest BCUT2D eigenvalue weighted by Crippen LogP contribution is -2.50. The Bertz CT molecular complexity index is 248. The van der Waals surface area contributed by atoms with E-state index in [1.54, 1.807) is 0 Å². The number of nitrogens with zero attached hydrogens (tertiary/aromatic N) is 3. The zero-order valence-electron chi connectivity index (χ0n) is 12.3. The topological polar surface area (TPSA) is 35.7 Å². The number of nitrogens with two attached hydrogens (primary N) is 1. The van der Waals surface area contributed by atoms with E-state index in [0.717, 1.165) is 6.54 Å². The fraction of sp³-hybridized carbons (Fsp3) is 1.00. The van der Waals surface area contributed by atoms with Crippen molar-refractivity contribution in [3.8, 4) is 0 Å². The first-order chi connectivity index (χ1) is 8.56. The maximum atomic E-state index is 6.42. The van der Waals surface area contributed by atoms with Gasteiger partial charge in [0.1, 0.15) is 0 Å². The zero-order valence-corrected chi connectivity index (χ0v) is 12.3. The van der Waals surface area contributed by atoms with Crippen LogP contribution in [0.1, 0.15) is 20.3 Å². The average molecular weight is 254 g/mol.